The van der Waals surface area contributed by atoms with Crippen LogP contribution in [0.25, 0.3) is 0 Å². The Balaban J connectivity index is 1.46. The fraction of sp³-hybridized carbons (Fsp3) is 0.812. The molecule has 4 rings (SSSR count). The van der Waals surface area contributed by atoms with Crippen molar-refractivity contribution in [3.05, 3.63) is 5.82 Å². The van der Waals surface area contributed by atoms with Crippen LogP contribution in [0, 0.1) is 5.92 Å². The summed E-state index contributed by atoms with van der Waals surface area (Å²) in [5.41, 5.74) is -0.811. The maximum Gasteiger partial charge on any atom is 0.325 e. The predicted octanol–water partition coefficient (Wildman–Crippen LogP) is 0.550. The Kier molecular flexibility index (Phi) is 3.98. The van der Waals surface area contributed by atoms with Crippen LogP contribution in [0.4, 0.5) is 4.79 Å². The Bertz CT molecular complexity index is 686. The SMILES string of the molecule is CCN1C(=O)N[C@@](C)([C@@H]2CCCN(Cc3nnnn3C3CC3)C2)C1=O. The van der Waals surface area contributed by atoms with E-state index < -0.39 is 5.54 Å². The number of likely N-dealkylation sites (tertiary alicyclic amines) is 1. The number of amides is 3. The van der Waals surface area contributed by atoms with E-state index >= 15 is 0 Å². The zero-order valence-corrected chi connectivity index (χ0v) is 14.8. The van der Waals surface area contributed by atoms with Crippen molar-refractivity contribution in [1.82, 2.24) is 35.3 Å². The van der Waals surface area contributed by atoms with E-state index in [1.165, 1.54) is 4.90 Å². The van der Waals surface area contributed by atoms with Crippen molar-refractivity contribution in [2.75, 3.05) is 19.6 Å². The molecule has 2 atom stereocenters. The summed E-state index contributed by atoms with van der Waals surface area (Å²) in [4.78, 5) is 28.4. The lowest BCUT2D eigenvalue weighted by Gasteiger charge is -2.39. The molecular formula is C16H25N7O2. The predicted molar refractivity (Wildman–Crippen MR) is 88.4 cm³/mol. The lowest BCUT2D eigenvalue weighted by Crippen LogP contribution is -2.55. The van der Waals surface area contributed by atoms with Crippen LogP contribution >= 0.6 is 0 Å². The summed E-state index contributed by atoms with van der Waals surface area (Å²) in [5.74, 6) is 0.888. The summed E-state index contributed by atoms with van der Waals surface area (Å²) in [6.07, 6.45) is 4.23. The highest BCUT2D eigenvalue weighted by atomic mass is 16.2. The normalized spacial score (nSPS) is 30.8. The number of nitrogens with zero attached hydrogens (tertiary/aromatic N) is 6. The summed E-state index contributed by atoms with van der Waals surface area (Å²) in [6.45, 7) is 6.52. The van der Waals surface area contributed by atoms with Gasteiger partial charge in [-0.1, -0.05) is 0 Å². The molecule has 3 aliphatic rings. The molecule has 1 N–H and O–H groups in total. The number of hydrogen-bond acceptors (Lipinski definition) is 6. The van der Waals surface area contributed by atoms with Crippen molar-refractivity contribution in [3.8, 4) is 0 Å². The van der Waals surface area contributed by atoms with E-state index in [0.29, 0.717) is 19.1 Å². The topological polar surface area (TPSA) is 96.2 Å². The van der Waals surface area contributed by atoms with Gasteiger partial charge in [-0.15, -0.1) is 5.10 Å². The van der Waals surface area contributed by atoms with Crippen LogP contribution in [0.2, 0.25) is 0 Å². The number of tetrazole rings is 1. The molecule has 1 aromatic rings. The highest BCUT2D eigenvalue weighted by Gasteiger charge is 2.52. The molecule has 0 aromatic carbocycles. The van der Waals surface area contributed by atoms with E-state index in [4.69, 9.17) is 0 Å². The number of nitrogens with one attached hydrogen (secondary N) is 1. The molecule has 3 amide bonds. The van der Waals surface area contributed by atoms with Gasteiger partial charge in [0.15, 0.2) is 5.82 Å². The fourth-order valence-corrected chi connectivity index (χ4v) is 4.07. The Morgan fingerprint density at radius 1 is 1.28 bits per heavy atom. The molecule has 2 saturated heterocycles. The molecule has 0 unspecified atom stereocenters. The number of imide groups is 1. The van der Waals surface area contributed by atoms with E-state index in [-0.39, 0.29) is 17.9 Å². The molecule has 2 aliphatic heterocycles. The molecule has 9 nitrogen and oxygen atoms in total. The van der Waals surface area contributed by atoms with Gasteiger partial charge < -0.3 is 5.32 Å². The maximum absolute atomic E-state index is 12.7. The lowest BCUT2D eigenvalue weighted by molar-refractivity contribution is -0.133. The second-order valence-corrected chi connectivity index (χ2v) is 7.53. The van der Waals surface area contributed by atoms with Crippen molar-refractivity contribution < 1.29 is 9.59 Å². The molecule has 0 bridgehead atoms. The molecule has 0 radical (unpaired) electrons. The van der Waals surface area contributed by atoms with Gasteiger partial charge in [0.1, 0.15) is 5.54 Å². The van der Waals surface area contributed by atoms with E-state index in [9.17, 15) is 9.59 Å². The Hall–Kier alpha value is -2.03. The van der Waals surface area contributed by atoms with Gasteiger partial charge >= 0.3 is 6.03 Å². The second kappa shape index (κ2) is 6.05. The van der Waals surface area contributed by atoms with Crippen LogP contribution < -0.4 is 5.32 Å². The third-order valence-electron chi connectivity index (χ3n) is 5.76. The molecule has 3 heterocycles. The smallest absolute Gasteiger partial charge is 0.323 e. The number of carbonyl (C=O) groups is 2. The first kappa shape index (κ1) is 16.4. The van der Waals surface area contributed by atoms with Crippen LogP contribution in [-0.2, 0) is 11.3 Å². The van der Waals surface area contributed by atoms with Gasteiger partial charge in [-0.25, -0.2) is 9.48 Å². The summed E-state index contributed by atoms with van der Waals surface area (Å²) < 4.78 is 1.94. The maximum atomic E-state index is 12.7. The minimum atomic E-state index is -0.811. The fourth-order valence-electron chi connectivity index (χ4n) is 4.07. The Labute approximate surface area is 146 Å². The highest BCUT2D eigenvalue weighted by Crippen LogP contribution is 2.35. The first-order chi connectivity index (χ1) is 12.0. The molecule has 0 spiro atoms. The van der Waals surface area contributed by atoms with Crippen LogP contribution in [0.5, 0.6) is 0 Å². The van der Waals surface area contributed by atoms with Gasteiger partial charge in [0.25, 0.3) is 5.91 Å². The number of aromatic nitrogens is 4. The summed E-state index contributed by atoms with van der Waals surface area (Å²) in [7, 11) is 0. The van der Waals surface area contributed by atoms with Gasteiger partial charge in [-0.05, 0) is 56.5 Å². The summed E-state index contributed by atoms with van der Waals surface area (Å²) in [5, 5.41) is 15.0. The van der Waals surface area contributed by atoms with Crippen molar-refractivity contribution >= 4 is 11.9 Å². The van der Waals surface area contributed by atoms with Gasteiger partial charge in [0, 0.05) is 19.0 Å². The first-order valence-electron chi connectivity index (χ1n) is 9.16. The largest absolute Gasteiger partial charge is 0.325 e. The first-order valence-corrected chi connectivity index (χ1v) is 9.16. The zero-order valence-electron chi connectivity index (χ0n) is 14.8. The van der Waals surface area contributed by atoms with Gasteiger partial charge in [-0.3, -0.25) is 14.6 Å². The van der Waals surface area contributed by atoms with E-state index in [1.54, 1.807) is 0 Å². The minimum Gasteiger partial charge on any atom is -0.323 e. The van der Waals surface area contributed by atoms with Crippen molar-refractivity contribution in [2.45, 2.75) is 57.7 Å². The average Bonchev–Trinajstić information content (AvgIpc) is 3.29. The van der Waals surface area contributed by atoms with Crippen LogP contribution in [0.3, 0.4) is 0 Å². The molecule has 1 saturated carbocycles. The van der Waals surface area contributed by atoms with E-state index in [2.05, 4.69) is 25.7 Å². The number of urea groups is 1. The van der Waals surface area contributed by atoms with E-state index in [0.717, 1.165) is 44.6 Å². The van der Waals surface area contributed by atoms with Gasteiger partial charge in [0.05, 0.1) is 12.6 Å². The molecular weight excluding hydrogens is 322 g/mol. The van der Waals surface area contributed by atoms with Gasteiger partial charge in [0.2, 0.25) is 0 Å². The van der Waals surface area contributed by atoms with Crippen molar-refractivity contribution in [3.63, 3.8) is 0 Å². The molecule has 136 valence electrons. The Morgan fingerprint density at radius 2 is 2.08 bits per heavy atom. The quantitative estimate of drug-likeness (QED) is 0.782. The molecule has 3 fully saturated rings. The number of carbonyl (C=O) groups excluding carboxylic acids is 2. The molecule has 1 aliphatic carbocycles. The number of rotatable bonds is 5. The zero-order chi connectivity index (χ0) is 17.6. The summed E-state index contributed by atoms with van der Waals surface area (Å²) >= 11 is 0. The van der Waals surface area contributed by atoms with Crippen LogP contribution in [0.1, 0.15) is 51.4 Å². The lowest BCUT2D eigenvalue weighted by atomic mass is 9.80. The summed E-state index contributed by atoms with van der Waals surface area (Å²) in [6, 6.07) is 0.182. The van der Waals surface area contributed by atoms with Crippen molar-refractivity contribution in [2.24, 2.45) is 5.92 Å². The number of hydrogen-bond donors (Lipinski definition) is 1. The van der Waals surface area contributed by atoms with E-state index in [1.807, 2.05) is 18.5 Å². The standard InChI is InChI=1S/C16H25N7O2/c1-3-22-14(24)16(2,17-15(22)25)11-5-4-8-21(9-11)10-13-18-19-20-23(13)12-6-7-12/h11-12H,3-10H2,1-2H3,(H,17,25)/t11-,16+/m1/s1. The van der Waals surface area contributed by atoms with Crippen LogP contribution in [0.15, 0.2) is 0 Å². The van der Waals surface area contributed by atoms with Gasteiger partial charge in [-0.2, -0.15) is 0 Å². The highest BCUT2D eigenvalue weighted by molar-refractivity contribution is 6.07. The average molecular weight is 347 g/mol. The molecule has 25 heavy (non-hydrogen) atoms. The van der Waals surface area contributed by atoms with Crippen molar-refractivity contribution in [1.29, 1.82) is 0 Å². The second-order valence-electron chi connectivity index (χ2n) is 7.53. The molecule has 9 heteroatoms. The monoisotopic (exact) mass is 347 g/mol. The molecule has 1 aromatic heterocycles. The Morgan fingerprint density at radius 3 is 2.76 bits per heavy atom. The third-order valence-corrected chi connectivity index (χ3v) is 5.76. The number of likely N-dealkylation sites (N-methyl/N-ethyl adjacent to an activating group) is 1. The van der Waals surface area contributed by atoms with Crippen LogP contribution in [-0.4, -0.2) is 67.1 Å². The number of piperidine rings is 1. The third kappa shape index (κ3) is 2.80. The minimum absolute atomic E-state index is 0.0968.